The van der Waals surface area contributed by atoms with Crippen molar-refractivity contribution < 1.29 is 10.0 Å². The third-order valence-electron chi connectivity index (χ3n) is 3.61. The van der Waals surface area contributed by atoms with E-state index in [-0.39, 0.29) is 12.2 Å². The van der Waals surface area contributed by atoms with E-state index in [1.165, 1.54) is 28.2 Å². The largest absolute Gasteiger partial charge is 0.389 e. The molecule has 23 heavy (non-hydrogen) atoms. The standard InChI is InChI=1S/C16H22N4O3/c1-4-18(14-6-12(2)5-13(3)7-14)10-16(21)11-19-9-15(8-17-19)20(22)23/h5-9,16,21H,4,10-11H2,1-3H3. The van der Waals surface area contributed by atoms with Gasteiger partial charge in [0.05, 0.1) is 17.6 Å². The lowest BCUT2D eigenvalue weighted by molar-refractivity contribution is -0.385. The third kappa shape index (κ3) is 4.53. The normalized spacial score (nSPS) is 12.2. The van der Waals surface area contributed by atoms with Crippen molar-refractivity contribution in [3.63, 3.8) is 0 Å². The van der Waals surface area contributed by atoms with E-state index in [9.17, 15) is 15.2 Å². The highest BCUT2D eigenvalue weighted by molar-refractivity contribution is 5.51. The molecule has 1 N–H and O–H groups in total. The Morgan fingerprint density at radius 3 is 2.52 bits per heavy atom. The van der Waals surface area contributed by atoms with Crippen molar-refractivity contribution in [3.05, 3.63) is 51.8 Å². The van der Waals surface area contributed by atoms with Gasteiger partial charge in [0, 0.05) is 18.8 Å². The van der Waals surface area contributed by atoms with Crippen LogP contribution in [-0.4, -0.2) is 39.0 Å². The third-order valence-corrected chi connectivity index (χ3v) is 3.61. The van der Waals surface area contributed by atoms with E-state index in [4.69, 9.17) is 0 Å². The van der Waals surface area contributed by atoms with E-state index in [0.717, 1.165) is 12.2 Å². The molecule has 1 unspecified atom stereocenters. The van der Waals surface area contributed by atoms with Crippen LogP contribution in [0.15, 0.2) is 30.6 Å². The van der Waals surface area contributed by atoms with Gasteiger partial charge in [-0.25, -0.2) is 0 Å². The van der Waals surface area contributed by atoms with Crippen molar-refractivity contribution in [1.29, 1.82) is 0 Å². The lowest BCUT2D eigenvalue weighted by atomic mass is 10.1. The number of aryl methyl sites for hydroxylation is 2. The van der Waals surface area contributed by atoms with Gasteiger partial charge in [-0.05, 0) is 44.0 Å². The quantitative estimate of drug-likeness (QED) is 0.625. The first-order valence-electron chi connectivity index (χ1n) is 7.57. The van der Waals surface area contributed by atoms with Gasteiger partial charge in [-0.15, -0.1) is 0 Å². The van der Waals surface area contributed by atoms with Gasteiger partial charge in [-0.2, -0.15) is 5.10 Å². The highest BCUT2D eigenvalue weighted by atomic mass is 16.6. The molecule has 0 aliphatic heterocycles. The second-order valence-corrected chi connectivity index (χ2v) is 5.72. The smallest absolute Gasteiger partial charge is 0.306 e. The predicted octanol–water partition coefficient (Wildman–Crippen LogP) is 2.30. The van der Waals surface area contributed by atoms with Crippen LogP contribution < -0.4 is 4.90 Å². The zero-order chi connectivity index (χ0) is 17.0. The number of anilines is 1. The van der Waals surface area contributed by atoms with Crippen molar-refractivity contribution in [2.45, 2.75) is 33.4 Å². The number of aromatic nitrogens is 2. The fourth-order valence-electron chi connectivity index (χ4n) is 2.63. The van der Waals surface area contributed by atoms with Crippen LogP contribution in [0.3, 0.4) is 0 Å². The Labute approximate surface area is 135 Å². The minimum atomic E-state index is -0.671. The van der Waals surface area contributed by atoms with Gasteiger partial charge >= 0.3 is 5.69 Å². The number of nitrogens with zero attached hydrogens (tertiary/aromatic N) is 4. The maximum absolute atomic E-state index is 10.7. The van der Waals surface area contributed by atoms with Crippen LogP contribution in [0.2, 0.25) is 0 Å². The van der Waals surface area contributed by atoms with Gasteiger partial charge < -0.3 is 10.0 Å². The Bertz CT molecular complexity index is 663. The first-order valence-corrected chi connectivity index (χ1v) is 7.57. The maximum Gasteiger partial charge on any atom is 0.306 e. The Morgan fingerprint density at radius 1 is 1.35 bits per heavy atom. The molecular weight excluding hydrogens is 296 g/mol. The van der Waals surface area contributed by atoms with Crippen LogP contribution in [0.5, 0.6) is 0 Å². The van der Waals surface area contributed by atoms with Crippen LogP contribution >= 0.6 is 0 Å². The average Bonchev–Trinajstić information content (AvgIpc) is 2.92. The highest BCUT2D eigenvalue weighted by Gasteiger charge is 2.15. The minimum Gasteiger partial charge on any atom is -0.389 e. The number of benzene rings is 1. The SMILES string of the molecule is CCN(CC(O)Cn1cc([N+](=O)[O-])cn1)c1cc(C)cc(C)c1. The van der Waals surface area contributed by atoms with E-state index in [1.54, 1.807) is 0 Å². The van der Waals surface area contributed by atoms with Gasteiger partial charge in [-0.3, -0.25) is 14.8 Å². The van der Waals surface area contributed by atoms with Crippen LogP contribution in [-0.2, 0) is 6.54 Å². The fraction of sp³-hybridized carbons (Fsp3) is 0.438. The summed E-state index contributed by atoms with van der Waals surface area (Å²) in [6, 6.07) is 6.28. The van der Waals surface area contributed by atoms with E-state index >= 15 is 0 Å². The summed E-state index contributed by atoms with van der Waals surface area (Å²) in [4.78, 5) is 12.2. The second kappa shape index (κ2) is 7.23. The van der Waals surface area contributed by atoms with Crippen LogP contribution in [0.4, 0.5) is 11.4 Å². The Balaban J connectivity index is 2.03. The molecule has 0 aliphatic carbocycles. The summed E-state index contributed by atoms with van der Waals surface area (Å²) < 4.78 is 1.40. The van der Waals surface area contributed by atoms with E-state index in [1.807, 2.05) is 20.8 Å². The molecule has 1 aromatic carbocycles. The molecule has 2 rings (SSSR count). The van der Waals surface area contributed by atoms with Crippen molar-refractivity contribution in [2.75, 3.05) is 18.0 Å². The van der Waals surface area contributed by atoms with Gasteiger partial charge in [-0.1, -0.05) is 6.07 Å². The number of nitro groups is 1. The number of rotatable bonds is 7. The monoisotopic (exact) mass is 318 g/mol. The van der Waals surface area contributed by atoms with Gasteiger partial charge in [0.1, 0.15) is 12.4 Å². The number of aliphatic hydroxyl groups is 1. The first-order chi connectivity index (χ1) is 10.9. The van der Waals surface area contributed by atoms with Crippen molar-refractivity contribution in [3.8, 4) is 0 Å². The number of aliphatic hydroxyl groups excluding tert-OH is 1. The van der Waals surface area contributed by atoms with Crippen LogP contribution in [0.25, 0.3) is 0 Å². The average molecular weight is 318 g/mol. The van der Waals surface area contributed by atoms with E-state index < -0.39 is 11.0 Å². The molecule has 124 valence electrons. The molecule has 0 fully saturated rings. The zero-order valence-corrected chi connectivity index (χ0v) is 13.6. The highest BCUT2D eigenvalue weighted by Crippen LogP contribution is 2.19. The zero-order valence-electron chi connectivity index (χ0n) is 13.6. The molecule has 1 aromatic heterocycles. The van der Waals surface area contributed by atoms with Crippen molar-refractivity contribution in [2.24, 2.45) is 0 Å². The topological polar surface area (TPSA) is 84.4 Å². The lowest BCUT2D eigenvalue weighted by Gasteiger charge is -2.26. The number of hydrogen-bond acceptors (Lipinski definition) is 5. The molecule has 1 atom stereocenters. The van der Waals surface area contributed by atoms with Crippen molar-refractivity contribution >= 4 is 11.4 Å². The Morgan fingerprint density at radius 2 is 2.00 bits per heavy atom. The first kappa shape index (κ1) is 17.0. The second-order valence-electron chi connectivity index (χ2n) is 5.72. The molecule has 0 aliphatic rings. The Kier molecular flexibility index (Phi) is 5.33. The molecule has 0 spiro atoms. The minimum absolute atomic E-state index is 0.0705. The molecule has 0 bridgehead atoms. The Hall–Kier alpha value is -2.41. The molecular formula is C16H22N4O3. The summed E-state index contributed by atoms with van der Waals surface area (Å²) in [5.74, 6) is 0. The van der Waals surface area contributed by atoms with Crippen molar-refractivity contribution in [1.82, 2.24) is 9.78 Å². The molecule has 1 heterocycles. The summed E-state index contributed by atoms with van der Waals surface area (Å²) in [6.07, 6.45) is 1.85. The summed E-state index contributed by atoms with van der Waals surface area (Å²) in [5, 5.41) is 24.8. The molecule has 2 aromatic rings. The summed E-state index contributed by atoms with van der Waals surface area (Å²) in [5.41, 5.74) is 3.35. The molecule has 0 amide bonds. The summed E-state index contributed by atoms with van der Waals surface area (Å²) in [7, 11) is 0. The molecule has 0 radical (unpaired) electrons. The summed E-state index contributed by atoms with van der Waals surface area (Å²) in [6.45, 7) is 7.54. The molecule has 0 saturated carbocycles. The molecule has 7 heteroatoms. The van der Waals surface area contributed by atoms with Crippen LogP contribution in [0, 0.1) is 24.0 Å². The van der Waals surface area contributed by atoms with Gasteiger partial charge in [0.25, 0.3) is 0 Å². The summed E-state index contributed by atoms with van der Waals surface area (Å²) >= 11 is 0. The number of hydrogen-bond donors (Lipinski definition) is 1. The van der Waals surface area contributed by atoms with E-state index in [2.05, 4.69) is 28.2 Å². The fourth-order valence-corrected chi connectivity index (χ4v) is 2.63. The molecule has 7 nitrogen and oxygen atoms in total. The lowest BCUT2D eigenvalue weighted by Crippen LogP contribution is -2.35. The van der Waals surface area contributed by atoms with E-state index in [0.29, 0.717) is 6.54 Å². The predicted molar refractivity (Wildman–Crippen MR) is 88.7 cm³/mol. The maximum atomic E-state index is 10.7. The molecule has 0 saturated heterocycles. The van der Waals surface area contributed by atoms with Gasteiger partial charge in [0.15, 0.2) is 0 Å². The van der Waals surface area contributed by atoms with Crippen LogP contribution in [0.1, 0.15) is 18.1 Å². The number of likely N-dealkylation sites (N-methyl/N-ethyl adjacent to an activating group) is 1. The van der Waals surface area contributed by atoms with Gasteiger partial charge in [0.2, 0.25) is 0 Å².